The fourth-order valence-corrected chi connectivity index (χ4v) is 4.16. The van der Waals surface area contributed by atoms with Gasteiger partial charge in [-0.2, -0.15) is 13.2 Å². The van der Waals surface area contributed by atoms with Crippen LogP contribution in [0.1, 0.15) is 35.7 Å². The molecule has 1 unspecified atom stereocenters. The van der Waals surface area contributed by atoms with Gasteiger partial charge >= 0.3 is 6.18 Å². The van der Waals surface area contributed by atoms with Gasteiger partial charge in [0.15, 0.2) is 11.6 Å². The first-order chi connectivity index (χ1) is 17.8. The van der Waals surface area contributed by atoms with Crippen LogP contribution in [0.25, 0.3) is 0 Å². The Balaban J connectivity index is 1.69. The van der Waals surface area contributed by atoms with E-state index >= 15 is 0 Å². The minimum atomic E-state index is -4.24. The molecule has 3 N–H and O–H groups in total. The lowest BCUT2D eigenvalue weighted by Gasteiger charge is -2.37. The monoisotopic (exact) mass is 562 g/mol. The molecule has 0 saturated carbocycles. The van der Waals surface area contributed by atoms with Gasteiger partial charge in [-0.25, -0.2) is 8.78 Å². The first-order valence-electron chi connectivity index (χ1n) is 11.9. The first-order valence-corrected chi connectivity index (χ1v) is 12.3. The highest BCUT2D eigenvalue weighted by molar-refractivity contribution is 6.31. The lowest BCUT2D eigenvalue weighted by atomic mass is 10.1. The molecule has 1 fully saturated rings. The summed E-state index contributed by atoms with van der Waals surface area (Å²) in [7, 11) is 0. The number of carbonyl (C=O) groups is 2. The third kappa shape index (κ3) is 8.27. The molecule has 1 aliphatic heterocycles. The fraction of sp³-hybridized carbons (Fsp3) is 0.440. The van der Waals surface area contributed by atoms with E-state index < -0.39 is 47.7 Å². The summed E-state index contributed by atoms with van der Waals surface area (Å²) in [5.41, 5.74) is 0.0463. The molecule has 3 rings (SSSR count). The number of aliphatic hydroxyl groups is 1. The van der Waals surface area contributed by atoms with Crippen molar-refractivity contribution in [2.24, 2.45) is 0 Å². The van der Waals surface area contributed by atoms with Gasteiger partial charge in [-0.15, -0.1) is 0 Å². The number of amides is 2. The normalized spacial score (nSPS) is 15.3. The largest absolute Gasteiger partial charge is 0.393 e. The number of rotatable bonds is 9. The third-order valence-electron chi connectivity index (χ3n) is 6.00. The van der Waals surface area contributed by atoms with Crippen molar-refractivity contribution < 1.29 is 36.6 Å². The predicted molar refractivity (Wildman–Crippen MR) is 133 cm³/mol. The molecule has 0 bridgehead atoms. The van der Waals surface area contributed by atoms with E-state index in [0.717, 1.165) is 6.07 Å². The average molecular weight is 563 g/mol. The van der Waals surface area contributed by atoms with Crippen molar-refractivity contribution in [1.82, 2.24) is 10.2 Å². The van der Waals surface area contributed by atoms with Crippen molar-refractivity contribution in [1.29, 1.82) is 0 Å². The maximum absolute atomic E-state index is 14.8. The van der Waals surface area contributed by atoms with Crippen LogP contribution in [0.4, 0.5) is 33.3 Å². The number of aliphatic hydroxyl groups excluding tert-OH is 1. The highest BCUT2D eigenvalue weighted by atomic mass is 35.5. The first kappa shape index (κ1) is 29.6. The number of benzene rings is 2. The van der Waals surface area contributed by atoms with Crippen molar-refractivity contribution in [3.63, 3.8) is 0 Å². The van der Waals surface area contributed by atoms with Crippen LogP contribution in [0, 0.1) is 11.6 Å². The van der Waals surface area contributed by atoms with Crippen molar-refractivity contribution >= 4 is 34.8 Å². The van der Waals surface area contributed by atoms with E-state index in [1.54, 1.807) is 11.0 Å². The molecule has 1 saturated heterocycles. The topological polar surface area (TPSA) is 84.9 Å². The van der Waals surface area contributed by atoms with Crippen molar-refractivity contribution in [2.75, 3.05) is 42.9 Å². The van der Waals surface area contributed by atoms with E-state index in [1.807, 2.05) is 4.90 Å². The molecule has 38 heavy (non-hydrogen) atoms. The number of nitrogens with zero attached hydrogens (tertiary/aromatic N) is 2. The smallest absolute Gasteiger partial charge is 0.390 e. The highest BCUT2D eigenvalue weighted by Gasteiger charge is 2.29. The van der Waals surface area contributed by atoms with Crippen LogP contribution in [0.15, 0.2) is 30.3 Å². The molecule has 1 aliphatic rings. The third-order valence-corrected chi connectivity index (χ3v) is 6.23. The lowest BCUT2D eigenvalue weighted by molar-refractivity contribution is -0.138. The van der Waals surface area contributed by atoms with Crippen LogP contribution < -0.4 is 15.5 Å². The second-order valence-electron chi connectivity index (χ2n) is 9.04. The molecule has 2 aromatic rings. The predicted octanol–water partition coefficient (Wildman–Crippen LogP) is 4.33. The number of hydrogen-bond donors (Lipinski definition) is 3. The molecule has 2 aromatic carbocycles. The maximum Gasteiger partial charge on any atom is 0.390 e. The Hall–Kier alpha value is -2.96. The molecule has 2 amide bonds. The molecule has 0 spiro atoms. The standard InChI is InChI=1S/C25H28ClF5N4O3/c1-15(36)12-21(37)32-14-16-2-4-18(23(28)22(16)27)24(38)33-19-5-3-17(26)13-20(19)35-10-8-34(9-11-35)7-6-25(29,30)31/h2-5,13,15,36H,6-12,14H2,1H3,(H,32,37)(H,33,38). The zero-order chi connectivity index (χ0) is 28.0. The zero-order valence-electron chi connectivity index (χ0n) is 20.5. The quantitative estimate of drug-likeness (QED) is 0.396. The molecule has 7 nitrogen and oxygen atoms in total. The second kappa shape index (κ2) is 12.7. The molecule has 0 radical (unpaired) electrons. The zero-order valence-corrected chi connectivity index (χ0v) is 21.3. The summed E-state index contributed by atoms with van der Waals surface area (Å²) >= 11 is 6.13. The van der Waals surface area contributed by atoms with Crippen LogP contribution in [-0.2, 0) is 11.3 Å². The van der Waals surface area contributed by atoms with Crippen molar-refractivity contribution in [3.8, 4) is 0 Å². The van der Waals surface area contributed by atoms with Crippen LogP contribution in [-0.4, -0.2) is 66.8 Å². The highest BCUT2D eigenvalue weighted by Crippen LogP contribution is 2.31. The number of piperazine rings is 1. The lowest BCUT2D eigenvalue weighted by Crippen LogP contribution is -2.47. The van der Waals surface area contributed by atoms with Crippen LogP contribution in [0.5, 0.6) is 0 Å². The van der Waals surface area contributed by atoms with Gasteiger partial charge < -0.3 is 20.6 Å². The summed E-state index contributed by atoms with van der Waals surface area (Å²) < 4.78 is 67.0. The Morgan fingerprint density at radius 1 is 1.08 bits per heavy atom. The summed E-state index contributed by atoms with van der Waals surface area (Å²) in [6, 6.07) is 6.87. The summed E-state index contributed by atoms with van der Waals surface area (Å²) in [6.45, 7) is 2.46. The van der Waals surface area contributed by atoms with E-state index in [2.05, 4.69) is 10.6 Å². The Morgan fingerprint density at radius 2 is 1.76 bits per heavy atom. The van der Waals surface area contributed by atoms with Crippen LogP contribution in [0.2, 0.25) is 5.02 Å². The average Bonchev–Trinajstić information content (AvgIpc) is 2.84. The number of nitrogens with one attached hydrogen (secondary N) is 2. The molecular formula is C25H28ClF5N4O3. The second-order valence-corrected chi connectivity index (χ2v) is 9.48. The van der Waals surface area contributed by atoms with Gasteiger partial charge in [-0.1, -0.05) is 17.7 Å². The van der Waals surface area contributed by atoms with Gasteiger partial charge in [0.05, 0.1) is 35.9 Å². The minimum Gasteiger partial charge on any atom is -0.393 e. The SMILES string of the molecule is CC(O)CC(=O)NCc1ccc(C(=O)Nc2ccc(Cl)cc2N2CCN(CCC(F)(F)F)CC2)c(F)c1F. The maximum atomic E-state index is 14.8. The molecular weight excluding hydrogens is 535 g/mol. The summed E-state index contributed by atoms with van der Waals surface area (Å²) in [4.78, 5) is 28.1. The van der Waals surface area contributed by atoms with Gasteiger partial charge in [0, 0.05) is 49.9 Å². The molecule has 13 heteroatoms. The van der Waals surface area contributed by atoms with E-state index in [0.29, 0.717) is 36.9 Å². The Labute approximate surface area is 221 Å². The van der Waals surface area contributed by atoms with E-state index in [-0.39, 0.29) is 30.8 Å². The van der Waals surface area contributed by atoms with Crippen LogP contribution >= 0.6 is 11.6 Å². The van der Waals surface area contributed by atoms with Gasteiger partial charge in [0.25, 0.3) is 5.91 Å². The number of anilines is 2. The fourth-order valence-electron chi connectivity index (χ4n) is 3.99. The molecule has 0 aromatic heterocycles. The Morgan fingerprint density at radius 3 is 2.39 bits per heavy atom. The van der Waals surface area contributed by atoms with Crippen molar-refractivity contribution in [2.45, 2.75) is 38.6 Å². The van der Waals surface area contributed by atoms with Gasteiger partial charge in [-0.05, 0) is 31.2 Å². The van der Waals surface area contributed by atoms with E-state index in [4.69, 9.17) is 11.6 Å². The van der Waals surface area contributed by atoms with Gasteiger partial charge in [0.2, 0.25) is 5.91 Å². The Kier molecular flexibility index (Phi) is 9.91. The molecule has 208 valence electrons. The summed E-state index contributed by atoms with van der Waals surface area (Å²) in [5, 5.41) is 14.5. The van der Waals surface area contributed by atoms with Gasteiger partial charge in [-0.3, -0.25) is 14.5 Å². The van der Waals surface area contributed by atoms with Gasteiger partial charge in [0.1, 0.15) is 0 Å². The van der Waals surface area contributed by atoms with E-state index in [9.17, 15) is 36.6 Å². The summed E-state index contributed by atoms with van der Waals surface area (Å²) in [5.74, 6) is -4.14. The summed E-state index contributed by atoms with van der Waals surface area (Å²) in [6.07, 6.45) is -6.23. The molecule has 1 heterocycles. The Bertz CT molecular complexity index is 1150. The molecule has 1 atom stereocenters. The van der Waals surface area contributed by atoms with Crippen molar-refractivity contribution in [3.05, 3.63) is 58.1 Å². The number of carbonyl (C=O) groups excluding carboxylic acids is 2. The minimum absolute atomic E-state index is 0.110. The molecule has 0 aliphatic carbocycles. The number of hydrogen-bond acceptors (Lipinski definition) is 5. The number of halogens is 6. The number of alkyl halides is 3. The van der Waals surface area contributed by atoms with E-state index in [1.165, 1.54) is 25.1 Å². The van der Waals surface area contributed by atoms with Crippen LogP contribution in [0.3, 0.4) is 0 Å².